The lowest BCUT2D eigenvalue weighted by Crippen LogP contribution is -2.01. The van der Waals surface area contributed by atoms with Gasteiger partial charge in [0.25, 0.3) is 6.43 Å². The van der Waals surface area contributed by atoms with Crippen LogP contribution in [0.15, 0.2) is 46.9 Å². The van der Waals surface area contributed by atoms with Crippen molar-refractivity contribution in [2.45, 2.75) is 19.9 Å². The zero-order valence-corrected chi connectivity index (χ0v) is 12.0. The fourth-order valence-corrected chi connectivity index (χ4v) is 2.18. The van der Waals surface area contributed by atoms with Crippen LogP contribution in [0.3, 0.4) is 0 Å². The molecule has 0 aliphatic carbocycles. The highest BCUT2D eigenvalue weighted by Gasteiger charge is 2.07. The Morgan fingerprint density at radius 3 is 2.68 bits per heavy atom. The summed E-state index contributed by atoms with van der Waals surface area (Å²) in [5.41, 5.74) is 3.02. The van der Waals surface area contributed by atoms with Gasteiger partial charge in [-0.2, -0.15) is 0 Å². The van der Waals surface area contributed by atoms with Crippen LogP contribution >= 0.6 is 15.9 Å². The summed E-state index contributed by atoms with van der Waals surface area (Å²) >= 11 is 3.41. The maximum Gasteiger partial charge on any atom is 0.263 e. The van der Waals surface area contributed by atoms with Crippen LogP contribution in [0, 0.1) is 6.92 Å². The minimum atomic E-state index is -2.42. The Hall–Kier alpha value is -1.42. The fourth-order valence-electron chi connectivity index (χ4n) is 1.82. The number of hydrogen-bond donors (Lipinski definition) is 1. The first kappa shape index (κ1) is 14.0. The minimum absolute atomic E-state index is 0.0604. The third-order valence-electron chi connectivity index (χ3n) is 2.89. The summed E-state index contributed by atoms with van der Waals surface area (Å²) in [7, 11) is 0. The first-order chi connectivity index (χ1) is 9.06. The molecule has 2 rings (SSSR count). The molecule has 2 aromatic carbocycles. The van der Waals surface area contributed by atoms with Gasteiger partial charge >= 0.3 is 0 Å². The number of alkyl halides is 2. The first-order valence-electron chi connectivity index (χ1n) is 5.93. The van der Waals surface area contributed by atoms with E-state index in [1.807, 2.05) is 31.2 Å². The summed E-state index contributed by atoms with van der Waals surface area (Å²) < 4.78 is 26.2. The second-order valence-corrected chi connectivity index (χ2v) is 5.27. The van der Waals surface area contributed by atoms with Gasteiger partial charge in [0.05, 0.1) is 0 Å². The Kier molecular flexibility index (Phi) is 4.53. The molecule has 0 bridgehead atoms. The Morgan fingerprint density at radius 1 is 1.16 bits per heavy atom. The largest absolute Gasteiger partial charge is 0.381 e. The average molecular weight is 326 g/mol. The molecule has 0 unspecified atom stereocenters. The Morgan fingerprint density at radius 2 is 1.95 bits per heavy atom. The number of aryl methyl sites for hydroxylation is 1. The lowest BCUT2D eigenvalue weighted by atomic mass is 10.1. The summed E-state index contributed by atoms with van der Waals surface area (Å²) in [6.07, 6.45) is -2.42. The average Bonchev–Trinajstić information content (AvgIpc) is 2.40. The molecular formula is C15H14BrF2N. The highest BCUT2D eigenvalue weighted by molar-refractivity contribution is 9.10. The summed E-state index contributed by atoms with van der Waals surface area (Å²) in [6, 6.07) is 12.4. The molecule has 0 saturated heterocycles. The smallest absolute Gasteiger partial charge is 0.263 e. The Bertz CT molecular complexity index is 570. The third-order valence-corrected chi connectivity index (χ3v) is 3.38. The van der Waals surface area contributed by atoms with Crippen molar-refractivity contribution >= 4 is 21.6 Å². The topological polar surface area (TPSA) is 12.0 Å². The van der Waals surface area contributed by atoms with Gasteiger partial charge in [-0.3, -0.25) is 0 Å². The predicted molar refractivity (Wildman–Crippen MR) is 77.6 cm³/mol. The number of anilines is 1. The van der Waals surface area contributed by atoms with Gasteiger partial charge in [-0.25, -0.2) is 8.78 Å². The molecule has 1 nitrogen and oxygen atoms in total. The quantitative estimate of drug-likeness (QED) is 0.803. The molecule has 0 atom stereocenters. The molecule has 0 spiro atoms. The fraction of sp³-hybridized carbons (Fsp3) is 0.200. The number of rotatable bonds is 4. The van der Waals surface area contributed by atoms with Crippen LogP contribution in [-0.4, -0.2) is 0 Å². The maximum absolute atomic E-state index is 12.6. The molecule has 0 aliphatic heterocycles. The lowest BCUT2D eigenvalue weighted by molar-refractivity contribution is 0.151. The first-order valence-corrected chi connectivity index (χ1v) is 6.72. The molecule has 19 heavy (non-hydrogen) atoms. The van der Waals surface area contributed by atoms with E-state index >= 15 is 0 Å². The van der Waals surface area contributed by atoms with E-state index in [9.17, 15) is 8.78 Å². The molecule has 0 radical (unpaired) electrons. The third kappa shape index (κ3) is 3.77. The van der Waals surface area contributed by atoms with Gasteiger partial charge in [-0.15, -0.1) is 0 Å². The highest BCUT2D eigenvalue weighted by Crippen LogP contribution is 2.23. The second-order valence-electron chi connectivity index (χ2n) is 4.36. The van der Waals surface area contributed by atoms with Gasteiger partial charge < -0.3 is 5.32 Å². The van der Waals surface area contributed by atoms with E-state index < -0.39 is 6.43 Å². The van der Waals surface area contributed by atoms with Gasteiger partial charge in [0, 0.05) is 22.3 Å². The molecule has 0 saturated carbocycles. The summed E-state index contributed by atoms with van der Waals surface area (Å²) in [5.74, 6) is 0. The standard InChI is InChI=1S/C15H14BrF2N/c1-10-5-6-13(16)8-14(10)19-9-11-3-2-4-12(7-11)15(17)18/h2-8,15,19H,9H2,1H3. The molecule has 0 aromatic heterocycles. The van der Waals surface area contributed by atoms with E-state index in [1.165, 1.54) is 12.1 Å². The van der Waals surface area contributed by atoms with E-state index in [0.717, 1.165) is 21.3 Å². The molecule has 0 amide bonds. The Labute approximate surface area is 119 Å². The van der Waals surface area contributed by atoms with Crippen molar-refractivity contribution in [3.8, 4) is 0 Å². The molecule has 1 N–H and O–H groups in total. The lowest BCUT2D eigenvalue weighted by Gasteiger charge is -2.11. The van der Waals surface area contributed by atoms with Gasteiger partial charge in [-0.1, -0.05) is 40.2 Å². The van der Waals surface area contributed by atoms with Crippen molar-refractivity contribution in [2.24, 2.45) is 0 Å². The van der Waals surface area contributed by atoms with Crippen molar-refractivity contribution in [2.75, 3.05) is 5.32 Å². The van der Waals surface area contributed by atoms with Crippen LogP contribution < -0.4 is 5.32 Å². The maximum atomic E-state index is 12.6. The summed E-state index contributed by atoms with van der Waals surface area (Å²) in [4.78, 5) is 0. The summed E-state index contributed by atoms with van der Waals surface area (Å²) in [6.45, 7) is 2.53. The number of halogens is 3. The van der Waals surface area contributed by atoms with Crippen LogP contribution in [0.4, 0.5) is 14.5 Å². The molecule has 0 fully saturated rings. The van der Waals surface area contributed by atoms with E-state index in [1.54, 1.807) is 6.07 Å². The monoisotopic (exact) mass is 325 g/mol. The van der Waals surface area contributed by atoms with Crippen molar-refractivity contribution in [1.29, 1.82) is 0 Å². The molecule has 0 aliphatic rings. The van der Waals surface area contributed by atoms with Crippen LogP contribution in [0.25, 0.3) is 0 Å². The molecular weight excluding hydrogens is 312 g/mol. The van der Waals surface area contributed by atoms with Crippen LogP contribution in [0.1, 0.15) is 23.1 Å². The van der Waals surface area contributed by atoms with Gasteiger partial charge in [0.2, 0.25) is 0 Å². The second kappa shape index (κ2) is 6.15. The van der Waals surface area contributed by atoms with Gasteiger partial charge in [0.15, 0.2) is 0 Å². The number of nitrogens with one attached hydrogen (secondary N) is 1. The van der Waals surface area contributed by atoms with Crippen LogP contribution in [0.5, 0.6) is 0 Å². The molecule has 4 heteroatoms. The van der Waals surface area contributed by atoms with Crippen molar-refractivity contribution in [3.05, 3.63) is 63.6 Å². The van der Waals surface area contributed by atoms with Crippen LogP contribution in [-0.2, 0) is 6.54 Å². The molecule has 100 valence electrons. The predicted octanol–water partition coefficient (Wildman–Crippen LogP) is 5.31. The van der Waals surface area contributed by atoms with Gasteiger partial charge in [0.1, 0.15) is 0 Å². The zero-order chi connectivity index (χ0) is 13.8. The summed E-state index contributed by atoms with van der Waals surface area (Å²) in [5, 5.41) is 3.26. The van der Waals surface area contributed by atoms with E-state index in [0.29, 0.717) is 6.54 Å². The molecule has 2 aromatic rings. The van der Waals surface area contributed by atoms with E-state index in [2.05, 4.69) is 21.2 Å². The number of benzene rings is 2. The van der Waals surface area contributed by atoms with Gasteiger partial charge in [-0.05, 0) is 36.2 Å². The highest BCUT2D eigenvalue weighted by atomic mass is 79.9. The Balaban J connectivity index is 2.10. The van der Waals surface area contributed by atoms with E-state index in [-0.39, 0.29) is 5.56 Å². The molecule has 0 heterocycles. The SMILES string of the molecule is Cc1ccc(Br)cc1NCc1cccc(C(F)F)c1. The minimum Gasteiger partial charge on any atom is -0.381 e. The van der Waals surface area contributed by atoms with Crippen molar-refractivity contribution in [1.82, 2.24) is 0 Å². The normalized spacial score (nSPS) is 10.8. The van der Waals surface area contributed by atoms with Crippen molar-refractivity contribution < 1.29 is 8.78 Å². The van der Waals surface area contributed by atoms with Crippen LogP contribution in [0.2, 0.25) is 0 Å². The number of hydrogen-bond acceptors (Lipinski definition) is 1. The van der Waals surface area contributed by atoms with Crippen molar-refractivity contribution in [3.63, 3.8) is 0 Å². The van der Waals surface area contributed by atoms with E-state index in [4.69, 9.17) is 0 Å². The zero-order valence-electron chi connectivity index (χ0n) is 10.5.